The first kappa shape index (κ1) is 17.5. The molecule has 0 atom stereocenters. The number of hydrogen-bond donors (Lipinski definition) is 0. The van der Waals surface area contributed by atoms with Gasteiger partial charge >= 0.3 is 0 Å². The molecule has 29 heavy (non-hydrogen) atoms. The van der Waals surface area contributed by atoms with Crippen LogP contribution in [0.3, 0.4) is 0 Å². The molecule has 4 aromatic rings. The maximum absolute atomic E-state index is 5.60. The highest BCUT2D eigenvalue weighted by Crippen LogP contribution is 2.44. The van der Waals surface area contributed by atoms with Crippen LogP contribution in [0.4, 0.5) is 0 Å². The summed E-state index contributed by atoms with van der Waals surface area (Å²) in [7, 11) is 1.73. The fourth-order valence-corrected chi connectivity index (χ4v) is 4.27. The van der Waals surface area contributed by atoms with E-state index in [4.69, 9.17) is 4.74 Å². The van der Waals surface area contributed by atoms with Gasteiger partial charge in [0, 0.05) is 5.39 Å². The zero-order valence-corrected chi connectivity index (χ0v) is 16.4. The third kappa shape index (κ3) is 3.15. The van der Waals surface area contributed by atoms with Gasteiger partial charge in [-0.2, -0.15) is 0 Å². The summed E-state index contributed by atoms with van der Waals surface area (Å²) in [6.07, 6.45) is 3.29. The summed E-state index contributed by atoms with van der Waals surface area (Å²) in [6.45, 7) is 0. The number of methoxy groups -OCH3 is 1. The number of rotatable bonds is 4. The molecule has 0 fully saturated rings. The Hall–Kier alpha value is -3.58. The summed E-state index contributed by atoms with van der Waals surface area (Å²) in [6, 6.07) is 34.2. The highest BCUT2D eigenvalue weighted by Gasteiger charge is 2.21. The van der Waals surface area contributed by atoms with Crippen LogP contribution in [0.1, 0.15) is 23.1 Å². The fourth-order valence-electron chi connectivity index (χ4n) is 4.27. The van der Waals surface area contributed by atoms with E-state index in [1.165, 1.54) is 38.8 Å². The van der Waals surface area contributed by atoms with Gasteiger partial charge in [-0.15, -0.1) is 0 Å². The molecule has 140 valence electrons. The maximum atomic E-state index is 5.60. The minimum Gasteiger partial charge on any atom is -0.496 e. The Balaban J connectivity index is 1.67. The van der Waals surface area contributed by atoms with Crippen molar-refractivity contribution in [3.63, 3.8) is 0 Å². The molecule has 0 amide bonds. The van der Waals surface area contributed by atoms with Gasteiger partial charge in [-0.25, -0.2) is 0 Å². The molecule has 0 radical (unpaired) electrons. The third-order valence-electron chi connectivity index (χ3n) is 5.67. The Kier molecular flexibility index (Phi) is 4.50. The number of benzene rings is 4. The Morgan fingerprint density at radius 3 is 1.93 bits per heavy atom. The molecule has 1 aliphatic carbocycles. The van der Waals surface area contributed by atoms with Crippen LogP contribution in [-0.2, 0) is 0 Å². The summed E-state index contributed by atoms with van der Waals surface area (Å²) in [5, 5.41) is 2.39. The number of ether oxygens (including phenoxy) is 1. The van der Waals surface area contributed by atoms with Crippen molar-refractivity contribution in [1.82, 2.24) is 0 Å². The van der Waals surface area contributed by atoms with E-state index in [0.717, 1.165) is 17.6 Å². The zero-order chi connectivity index (χ0) is 19.6. The van der Waals surface area contributed by atoms with Gasteiger partial charge in [0.1, 0.15) is 5.75 Å². The van der Waals surface area contributed by atoms with Gasteiger partial charge in [-0.1, -0.05) is 91.0 Å². The molecule has 5 rings (SSSR count). The summed E-state index contributed by atoms with van der Waals surface area (Å²) in [4.78, 5) is 0. The van der Waals surface area contributed by atoms with Gasteiger partial charge in [-0.05, 0) is 57.4 Å². The quantitative estimate of drug-likeness (QED) is 0.366. The van der Waals surface area contributed by atoms with Crippen molar-refractivity contribution in [2.45, 2.75) is 6.42 Å². The molecule has 0 saturated heterocycles. The SMILES string of the molecule is COc1ccc(C2=CC(c3ccccc3)=C(c3ccccc3)C2)c2ccccc12. The molecule has 0 spiro atoms. The zero-order valence-electron chi connectivity index (χ0n) is 16.4. The number of allylic oxidation sites excluding steroid dienone is 4. The minimum absolute atomic E-state index is 0.919. The van der Waals surface area contributed by atoms with E-state index in [0.29, 0.717) is 0 Å². The van der Waals surface area contributed by atoms with Crippen LogP contribution >= 0.6 is 0 Å². The van der Waals surface area contributed by atoms with Crippen LogP contribution in [-0.4, -0.2) is 7.11 Å². The average molecular weight is 374 g/mol. The van der Waals surface area contributed by atoms with Gasteiger partial charge < -0.3 is 4.74 Å². The molecule has 0 saturated carbocycles. The number of hydrogen-bond acceptors (Lipinski definition) is 1. The molecular weight excluding hydrogens is 352 g/mol. The summed E-state index contributed by atoms with van der Waals surface area (Å²) in [5.74, 6) is 0.919. The largest absolute Gasteiger partial charge is 0.496 e. The van der Waals surface area contributed by atoms with Crippen LogP contribution in [0, 0.1) is 0 Å². The Bertz CT molecular complexity index is 1230. The Labute approximate surface area is 171 Å². The smallest absolute Gasteiger partial charge is 0.126 e. The second kappa shape index (κ2) is 7.44. The normalized spacial score (nSPS) is 13.6. The van der Waals surface area contributed by atoms with Crippen LogP contribution in [0.2, 0.25) is 0 Å². The lowest BCUT2D eigenvalue weighted by molar-refractivity contribution is 0.420. The van der Waals surface area contributed by atoms with E-state index in [9.17, 15) is 0 Å². The third-order valence-corrected chi connectivity index (χ3v) is 5.67. The van der Waals surface area contributed by atoms with Gasteiger partial charge in [0.25, 0.3) is 0 Å². The van der Waals surface area contributed by atoms with Crippen molar-refractivity contribution in [3.05, 3.63) is 120 Å². The van der Waals surface area contributed by atoms with Crippen molar-refractivity contribution in [2.24, 2.45) is 0 Å². The number of fused-ring (bicyclic) bond motifs is 1. The molecule has 0 unspecified atom stereocenters. The predicted octanol–water partition coefficient (Wildman–Crippen LogP) is 7.25. The topological polar surface area (TPSA) is 9.23 Å². The lowest BCUT2D eigenvalue weighted by Crippen LogP contribution is -1.90. The monoisotopic (exact) mass is 374 g/mol. The second-order valence-electron chi connectivity index (χ2n) is 7.33. The van der Waals surface area contributed by atoms with Gasteiger partial charge in [0.15, 0.2) is 0 Å². The minimum atomic E-state index is 0.919. The lowest BCUT2D eigenvalue weighted by atomic mass is 9.94. The van der Waals surface area contributed by atoms with Crippen LogP contribution in [0.15, 0.2) is 103 Å². The van der Waals surface area contributed by atoms with Crippen molar-refractivity contribution in [2.75, 3.05) is 7.11 Å². The van der Waals surface area contributed by atoms with Crippen LogP contribution < -0.4 is 4.74 Å². The molecule has 0 aliphatic heterocycles. The molecule has 0 N–H and O–H groups in total. The van der Waals surface area contributed by atoms with Gasteiger partial charge in [0.2, 0.25) is 0 Å². The molecular formula is C28H22O. The summed E-state index contributed by atoms with van der Waals surface area (Å²) in [5.41, 5.74) is 7.87. The van der Waals surface area contributed by atoms with Crippen LogP contribution in [0.5, 0.6) is 5.75 Å². The first-order chi connectivity index (χ1) is 14.3. The second-order valence-corrected chi connectivity index (χ2v) is 7.33. The van der Waals surface area contributed by atoms with Crippen molar-refractivity contribution >= 4 is 27.5 Å². The Morgan fingerprint density at radius 2 is 1.24 bits per heavy atom. The fraction of sp³-hybridized carbons (Fsp3) is 0.0714. The van der Waals surface area contributed by atoms with E-state index >= 15 is 0 Å². The van der Waals surface area contributed by atoms with E-state index in [-0.39, 0.29) is 0 Å². The molecule has 0 heterocycles. The molecule has 0 bridgehead atoms. The first-order valence-electron chi connectivity index (χ1n) is 9.96. The van der Waals surface area contributed by atoms with Gasteiger partial charge in [-0.3, -0.25) is 0 Å². The molecule has 0 aromatic heterocycles. The standard InChI is InChI=1S/C28H22O/c1-29-28-17-16-23(24-14-8-9-15-25(24)28)22-18-26(20-10-4-2-5-11-20)27(19-22)21-12-6-3-7-13-21/h2-18H,19H2,1H3. The van der Waals surface area contributed by atoms with Gasteiger partial charge in [0.05, 0.1) is 7.11 Å². The molecule has 1 nitrogen and oxygen atoms in total. The van der Waals surface area contributed by atoms with Crippen molar-refractivity contribution in [3.8, 4) is 5.75 Å². The van der Waals surface area contributed by atoms with E-state index in [1.54, 1.807) is 7.11 Å². The first-order valence-corrected chi connectivity index (χ1v) is 9.96. The maximum Gasteiger partial charge on any atom is 0.126 e. The predicted molar refractivity (Wildman–Crippen MR) is 123 cm³/mol. The average Bonchev–Trinajstić information content (AvgIpc) is 3.25. The highest BCUT2D eigenvalue weighted by atomic mass is 16.5. The summed E-state index contributed by atoms with van der Waals surface area (Å²) < 4.78 is 5.60. The Morgan fingerprint density at radius 1 is 0.621 bits per heavy atom. The van der Waals surface area contributed by atoms with E-state index in [2.05, 4.69) is 103 Å². The summed E-state index contributed by atoms with van der Waals surface area (Å²) >= 11 is 0. The molecule has 1 aliphatic rings. The van der Waals surface area contributed by atoms with E-state index < -0.39 is 0 Å². The van der Waals surface area contributed by atoms with Crippen LogP contribution in [0.25, 0.3) is 27.5 Å². The highest BCUT2D eigenvalue weighted by molar-refractivity contribution is 6.10. The van der Waals surface area contributed by atoms with E-state index in [1.807, 2.05) is 0 Å². The van der Waals surface area contributed by atoms with Crippen molar-refractivity contribution in [1.29, 1.82) is 0 Å². The molecule has 1 heteroatoms. The van der Waals surface area contributed by atoms with Crippen molar-refractivity contribution < 1.29 is 4.74 Å². The molecule has 4 aromatic carbocycles. The lowest BCUT2D eigenvalue weighted by Gasteiger charge is -2.12.